The summed E-state index contributed by atoms with van der Waals surface area (Å²) in [6, 6.07) is 11.9. The summed E-state index contributed by atoms with van der Waals surface area (Å²) >= 11 is 0. The van der Waals surface area contributed by atoms with Crippen LogP contribution in [0, 0.1) is 25.2 Å². The zero-order chi connectivity index (χ0) is 12.4. The SMILES string of the molecule is Cc1ccc(-c2nc(N)c(C#N)cc2C)cc1. The van der Waals surface area contributed by atoms with E-state index in [-0.39, 0.29) is 5.82 Å². The average Bonchev–Trinajstić information content (AvgIpc) is 2.33. The highest BCUT2D eigenvalue weighted by Crippen LogP contribution is 2.24. The van der Waals surface area contributed by atoms with Gasteiger partial charge in [-0.25, -0.2) is 4.98 Å². The van der Waals surface area contributed by atoms with Crippen LogP contribution in [-0.2, 0) is 0 Å². The molecule has 0 atom stereocenters. The first kappa shape index (κ1) is 11.2. The third-order valence-electron chi connectivity index (χ3n) is 2.69. The monoisotopic (exact) mass is 223 g/mol. The minimum atomic E-state index is 0.286. The molecule has 0 bridgehead atoms. The molecule has 0 unspecified atom stereocenters. The summed E-state index contributed by atoms with van der Waals surface area (Å²) in [6.45, 7) is 3.97. The van der Waals surface area contributed by atoms with Gasteiger partial charge in [0.05, 0.1) is 11.3 Å². The van der Waals surface area contributed by atoms with Gasteiger partial charge >= 0.3 is 0 Å². The molecule has 0 spiro atoms. The van der Waals surface area contributed by atoms with E-state index in [2.05, 4.69) is 4.98 Å². The van der Waals surface area contributed by atoms with Crippen LogP contribution in [0.25, 0.3) is 11.3 Å². The van der Waals surface area contributed by atoms with Gasteiger partial charge in [-0.1, -0.05) is 29.8 Å². The number of anilines is 1. The second-order valence-corrected chi connectivity index (χ2v) is 4.06. The van der Waals surface area contributed by atoms with Gasteiger partial charge in [-0.15, -0.1) is 0 Å². The normalized spacial score (nSPS) is 9.94. The minimum Gasteiger partial charge on any atom is -0.383 e. The van der Waals surface area contributed by atoms with Crippen LogP contribution in [-0.4, -0.2) is 4.98 Å². The van der Waals surface area contributed by atoms with Crippen LogP contribution in [0.1, 0.15) is 16.7 Å². The summed E-state index contributed by atoms with van der Waals surface area (Å²) in [4.78, 5) is 4.30. The Morgan fingerprint density at radius 3 is 2.41 bits per heavy atom. The Labute approximate surface area is 101 Å². The highest BCUT2D eigenvalue weighted by molar-refractivity contribution is 5.67. The molecule has 1 aromatic carbocycles. The van der Waals surface area contributed by atoms with Gasteiger partial charge in [0, 0.05) is 5.56 Å². The molecule has 0 radical (unpaired) electrons. The number of aromatic nitrogens is 1. The molecular weight excluding hydrogens is 210 g/mol. The van der Waals surface area contributed by atoms with Crippen molar-refractivity contribution >= 4 is 5.82 Å². The van der Waals surface area contributed by atoms with Gasteiger partial charge in [0.1, 0.15) is 11.9 Å². The molecule has 3 heteroatoms. The van der Waals surface area contributed by atoms with E-state index >= 15 is 0 Å². The zero-order valence-electron chi connectivity index (χ0n) is 9.86. The second kappa shape index (κ2) is 4.26. The molecule has 0 saturated carbocycles. The first-order valence-corrected chi connectivity index (χ1v) is 5.36. The number of rotatable bonds is 1. The van der Waals surface area contributed by atoms with E-state index < -0.39 is 0 Å². The molecule has 0 amide bonds. The maximum atomic E-state index is 8.87. The molecule has 0 aliphatic heterocycles. The van der Waals surface area contributed by atoms with Crippen molar-refractivity contribution in [3.8, 4) is 17.3 Å². The molecule has 84 valence electrons. The molecular formula is C14H13N3. The first-order chi connectivity index (χ1) is 8.11. The maximum absolute atomic E-state index is 8.87. The Morgan fingerprint density at radius 2 is 1.82 bits per heavy atom. The van der Waals surface area contributed by atoms with Gasteiger partial charge in [-0.05, 0) is 25.5 Å². The summed E-state index contributed by atoms with van der Waals surface area (Å²) in [6.07, 6.45) is 0. The van der Waals surface area contributed by atoms with E-state index in [1.54, 1.807) is 6.07 Å². The Hall–Kier alpha value is -2.34. The van der Waals surface area contributed by atoms with E-state index in [9.17, 15) is 0 Å². The number of nitrogens with zero attached hydrogens (tertiary/aromatic N) is 2. The van der Waals surface area contributed by atoms with Crippen LogP contribution in [0.4, 0.5) is 5.82 Å². The van der Waals surface area contributed by atoms with E-state index in [1.807, 2.05) is 44.2 Å². The number of pyridine rings is 1. The van der Waals surface area contributed by atoms with Crippen molar-refractivity contribution in [3.63, 3.8) is 0 Å². The fourth-order valence-corrected chi connectivity index (χ4v) is 1.72. The summed E-state index contributed by atoms with van der Waals surface area (Å²) in [5.41, 5.74) is 10.2. The lowest BCUT2D eigenvalue weighted by Gasteiger charge is -2.07. The predicted octanol–water partition coefficient (Wildman–Crippen LogP) is 2.82. The number of benzene rings is 1. The van der Waals surface area contributed by atoms with Crippen LogP contribution in [0.5, 0.6) is 0 Å². The van der Waals surface area contributed by atoms with Crippen LogP contribution < -0.4 is 5.73 Å². The van der Waals surface area contributed by atoms with Crippen LogP contribution in [0.2, 0.25) is 0 Å². The molecule has 1 heterocycles. The van der Waals surface area contributed by atoms with Crippen molar-refractivity contribution in [1.82, 2.24) is 4.98 Å². The standard InChI is InChI=1S/C14H13N3/c1-9-3-5-11(6-4-9)13-10(2)7-12(8-15)14(16)17-13/h3-7H,1-2H3,(H2,16,17). The maximum Gasteiger partial charge on any atom is 0.142 e. The van der Waals surface area contributed by atoms with Gasteiger partial charge < -0.3 is 5.73 Å². The third-order valence-corrected chi connectivity index (χ3v) is 2.69. The van der Waals surface area contributed by atoms with Gasteiger partial charge in [0.2, 0.25) is 0 Å². The summed E-state index contributed by atoms with van der Waals surface area (Å²) in [7, 11) is 0. The second-order valence-electron chi connectivity index (χ2n) is 4.06. The van der Waals surface area contributed by atoms with Gasteiger partial charge in [-0.3, -0.25) is 0 Å². The summed E-state index contributed by atoms with van der Waals surface area (Å²) < 4.78 is 0. The van der Waals surface area contributed by atoms with Crippen molar-refractivity contribution in [2.45, 2.75) is 13.8 Å². The topological polar surface area (TPSA) is 62.7 Å². The highest BCUT2D eigenvalue weighted by Gasteiger charge is 2.08. The molecule has 3 nitrogen and oxygen atoms in total. The zero-order valence-corrected chi connectivity index (χ0v) is 9.86. The molecule has 2 N–H and O–H groups in total. The molecule has 0 aliphatic rings. The summed E-state index contributed by atoms with van der Waals surface area (Å²) in [5.74, 6) is 0.286. The molecule has 17 heavy (non-hydrogen) atoms. The Kier molecular flexibility index (Phi) is 2.80. The van der Waals surface area contributed by atoms with Crippen LogP contribution >= 0.6 is 0 Å². The van der Waals surface area contributed by atoms with Crippen LogP contribution in [0.15, 0.2) is 30.3 Å². The van der Waals surface area contributed by atoms with Gasteiger partial charge in [-0.2, -0.15) is 5.26 Å². The Balaban J connectivity index is 2.57. The number of nitrogen functional groups attached to an aromatic ring is 1. The number of nitriles is 1. The van der Waals surface area contributed by atoms with E-state index in [0.29, 0.717) is 5.56 Å². The third kappa shape index (κ3) is 2.11. The summed E-state index contributed by atoms with van der Waals surface area (Å²) in [5, 5.41) is 8.87. The molecule has 2 aromatic rings. The lowest BCUT2D eigenvalue weighted by Crippen LogP contribution is -1.99. The molecule has 0 aliphatic carbocycles. The number of aryl methyl sites for hydroxylation is 2. The van der Waals surface area contributed by atoms with E-state index in [4.69, 9.17) is 11.0 Å². The van der Waals surface area contributed by atoms with Crippen molar-refractivity contribution in [1.29, 1.82) is 5.26 Å². The van der Waals surface area contributed by atoms with Crippen LogP contribution in [0.3, 0.4) is 0 Å². The number of hydrogen-bond donors (Lipinski definition) is 1. The highest BCUT2D eigenvalue weighted by atomic mass is 14.8. The van der Waals surface area contributed by atoms with Crippen molar-refractivity contribution < 1.29 is 0 Å². The Bertz CT molecular complexity index is 592. The largest absolute Gasteiger partial charge is 0.383 e. The minimum absolute atomic E-state index is 0.286. The van der Waals surface area contributed by atoms with E-state index in [1.165, 1.54) is 5.56 Å². The Morgan fingerprint density at radius 1 is 1.18 bits per heavy atom. The quantitative estimate of drug-likeness (QED) is 0.808. The fourth-order valence-electron chi connectivity index (χ4n) is 1.72. The predicted molar refractivity (Wildman–Crippen MR) is 68.3 cm³/mol. The van der Waals surface area contributed by atoms with Gasteiger partial charge in [0.25, 0.3) is 0 Å². The fraction of sp³-hybridized carbons (Fsp3) is 0.143. The van der Waals surface area contributed by atoms with Crippen molar-refractivity contribution in [2.75, 3.05) is 5.73 Å². The van der Waals surface area contributed by atoms with E-state index in [0.717, 1.165) is 16.8 Å². The van der Waals surface area contributed by atoms with Crippen molar-refractivity contribution in [3.05, 3.63) is 47.0 Å². The molecule has 2 rings (SSSR count). The molecule has 1 aromatic heterocycles. The lowest BCUT2D eigenvalue weighted by atomic mass is 10.0. The molecule has 0 fully saturated rings. The number of hydrogen-bond acceptors (Lipinski definition) is 3. The lowest BCUT2D eigenvalue weighted by molar-refractivity contribution is 1.26. The smallest absolute Gasteiger partial charge is 0.142 e. The van der Waals surface area contributed by atoms with Gasteiger partial charge in [0.15, 0.2) is 0 Å². The average molecular weight is 223 g/mol. The first-order valence-electron chi connectivity index (χ1n) is 5.36. The number of nitrogens with two attached hydrogens (primary N) is 1. The van der Waals surface area contributed by atoms with Crippen molar-refractivity contribution in [2.24, 2.45) is 0 Å². The molecule has 0 saturated heterocycles.